The summed E-state index contributed by atoms with van der Waals surface area (Å²) >= 11 is 0. The average Bonchev–Trinajstić information content (AvgIpc) is 2.10. The van der Waals surface area contributed by atoms with E-state index >= 15 is 0 Å². The van der Waals surface area contributed by atoms with Crippen LogP contribution in [0.15, 0.2) is 0 Å². The highest BCUT2D eigenvalue weighted by Crippen LogP contribution is 2.57. The molecule has 4 fully saturated rings. The molecule has 0 amide bonds. The summed E-state index contributed by atoms with van der Waals surface area (Å²) in [6.07, 6.45) is 0.754. The summed E-state index contributed by atoms with van der Waals surface area (Å²) in [5, 5.41) is 0. The Morgan fingerprint density at radius 3 is 1.87 bits per heavy atom. The third-order valence-corrected chi connectivity index (χ3v) is 4.56. The number of hydrogen-bond donors (Lipinski definition) is 0. The fraction of sp³-hybridized carbons (Fsp3) is 0.833. The predicted octanol–water partition coefficient (Wildman–Crippen LogP) is 0.876. The van der Waals surface area contributed by atoms with Gasteiger partial charge >= 0.3 is 0 Å². The van der Waals surface area contributed by atoms with Gasteiger partial charge in [-0.3, -0.25) is 14.5 Å². The van der Waals surface area contributed by atoms with Gasteiger partial charge in [-0.05, 0) is 13.3 Å². The molecule has 0 N–H and O–H groups in total. The topological polar surface area (TPSA) is 37.4 Å². The first-order chi connectivity index (χ1) is 6.80. The zero-order valence-corrected chi connectivity index (χ0v) is 9.59. The Labute approximate surface area is 89.8 Å². The molecule has 1 aliphatic carbocycles. The minimum Gasteiger partial charge on any atom is -0.300 e. The molecule has 3 heteroatoms. The second kappa shape index (κ2) is 2.19. The van der Waals surface area contributed by atoms with Crippen molar-refractivity contribution in [1.82, 2.24) is 4.90 Å². The number of carbonyl (C=O) groups excluding carboxylic acids is 2. The van der Waals surface area contributed by atoms with Crippen LogP contribution in [0.5, 0.6) is 0 Å². The maximum Gasteiger partial charge on any atom is 0.154 e. The SMILES string of the molecule is C[C@]12C[N@@]3C[C@](C)(C1)C(=O)[C@@](C)(C3)C2=O. The van der Waals surface area contributed by atoms with Gasteiger partial charge in [0.25, 0.3) is 0 Å². The van der Waals surface area contributed by atoms with Gasteiger partial charge in [-0.15, -0.1) is 0 Å². The van der Waals surface area contributed by atoms with Gasteiger partial charge in [0.15, 0.2) is 11.6 Å². The zero-order valence-electron chi connectivity index (χ0n) is 9.59. The molecule has 0 radical (unpaired) electrons. The molecule has 0 aromatic rings. The van der Waals surface area contributed by atoms with Crippen molar-refractivity contribution in [2.75, 3.05) is 19.6 Å². The Bertz CT molecular complexity index is 359. The van der Waals surface area contributed by atoms with Gasteiger partial charge in [0.2, 0.25) is 0 Å². The van der Waals surface area contributed by atoms with E-state index in [-0.39, 0.29) is 22.4 Å². The van der Waals surface area contributed by atoms with Crippen molar-refractivity contribution >= 4 is 11.6 Å². The number of ketones is 2. The normalized spacial score (nSPS) is 57.7. The van der Waals surface area contributed by atoms with Crippen LogP contribution in [0.1, 0.15) is 27.2 Å². The zero-order chi connectivity index (χ0) is 11.1. The molecule has 0 unspecified atom stereocenters. The third kappa shape index (κ3) is 0.865. The van der Waals surface area contributed by atoms with Crippen molar-refractivity contribution in [1.29, 1.82) is 0 Å². The maximum absolute atomic E-state index is 12.3. The number of Topliss-reactive ketones (excluding diaryl/α,β-unsaturated/α-hetero) is 2. The van der Waals surface area contributed by atoms with Gasteiger partial charge in [0.1, 0.15) is 0 Å². The summed E-state index contributed by atoms with van der Waals surface area (Å²) in [6, 6.07) is 0. The van der Waals surface area contributed by atoms with Crippen molar-refractivity contribution in [3.63, 3.8) is 0 Å². The number of nitrogens with zero attached hydrogens (tertiary/aromatic N) is 1. The molecule has 82 valence electrons. The molecule has 4 rings (SSSR count). The lowest BCUT2D eigenvalue weighted by atomic mass is 9.48. The van der Waals surface area contributed by atoms with Gasteiger partial charge in [0, 0.05) is 30.5 Å². The number of rotatable bonds is 0. The molecule has 4 bridgehead atoms. The van der Waals surface area contributed by atoms with Crippen LogP contribution in [0.4, 0.5) is 0 Å². The molecule has 4 aliphatic rings. The summed E-state index contributed by atoms with van der Waals surface area (Å²) in [5.74, 6) is 0.377. The van der Waals surface area contributed by atoms with Gasteiger partial charge in [0.05, 0.1) is 5.41 Å². The second-order valence-corrected chi connectivity index (χ2v) is 6.43. The number of hydrogen-bond acceptors (Lipinski definition) is 3. The van der Waals surface area contributed by atoms with Crippen LogP contribution in [-0.4, -0.2) is 36.1 Å². The molecule has 0 spiro atoms. The van der Waals surface area contributed by atoms with Crippen LogP contribution >= 0.6 is 0 Å². The van der Waals surface area contributed by atoms with Gasteiger partial charge in [-0.25, -0.2) is 0 Å². The van der Waals surface area contributed by atoms with Crippen LogP contribution in [0.3, 0.4) is 0 Å². The summed E-state index contributed by atoms with van der Waals surface area (Å²) in [7, 11) is 0. The first-order valence-electron chi connectivity index (χ1n) is 5.62. The third-order valence-electron chi connectivity index (χ3n) is 4.56. The maximum atomic E-state index is 12.3. The van der Waals surface area contributed by atoms with E-state index < -0.39 is 5.41 Å². The molecule has 4 atom stereocenters. The van der Waals surface area contributed by atoms with Crippen molar-refractivity contribution in [3.8, 4) is 0 Å². The summed E-state index contributed by atoms with van der Waals surface area (Å²) in [6.45, 7) is 8.26. The van der Waals surface area contributed by atoms with E-state index in [9.17, 15) is 9.59 Å². The fourth-order valence-corrected chi connectivity index (χ4v) is 4.46. The highest BCUT2D eigenvalue weighted by molar-refractivity contribution is 6.14. The Morgan fingerprint density at radius 1 is 0.933 bits per heavy atom. The van der Waals surface area contributed by atoms with E-state index in [4.69, 9.17) is 0 Å². The Morgan fingerprint density at radius 2 is 1.40 bits per heavy atom. The van der Waals surface area contributed by atoms with Gasteiger partial charge < -0.3 is 0 Å². The van der Waals surface area contributed by atoms with Gasteiger partial charge in [-0.2, -0.15) is 0 Å². The van der Waals surface area contributed by atoms with Crippen molar-refractivity contribution in [2.24, 2.45) is 16.2 Å². The average molecular weight is 207 g/mol. The minimum absolute atomic E-state index is 0.188. The molecule has 0 aromatic heterocycles. The number of piperidine rings is 3. The van der Waals surface area contributed by atoms with E-state index in [0.717, 1.165) is 19.5 Å². The van der Waals surface area contributed by atoms with Crippen molar-refractivity contribution in [3.05, 3.63) is 0 Å². The predicted molar refractivity (Wildman–Crippen MR) is 55.4 cm³/mol. The molecule has 3 heterocycles. The first kappa shape index (κ1) is 9.52. The summed E-state index contributed by atoms with van der Waals surface area (Å²) in [4.78, 5) is 26.9. The molecule has 3 saturated heterocycles. The Balaban J connectivity index is 2.20. The molecular weight excluding hydrogens is 190 g/mol. The van der Waals surface area contributed by atoms with E-state index in [0.29, 0.717) is 6.54 Å². The monoisotopic (exact) mass is 207 g/mol. The lowest BCUT2D eigenvalue weighted by molar-refractivity contribution is -0.185. The highest BCUT2D eigenvalue weighted by Gasteiger charge is 2.68. The quantitative estimate of drug-likeness (QED) is 0.553. The van der Waals surface area contributed by atoms with Gasteiger partial charge in [-0.1, -0.05) is 13.8 Å². The van der Waals surface area contributed by atoms with E-state index in [1.165, 1.54) is 0 Å². The van der Waals surface area contributed by atoms with Crippen LogP contribution in [0.2, 0.25) is 0 Å². The van der Waals surface area contributed by atoms with E-state index in [1.54, 1.807) is 0 Å². The minimum atomic E-state index is -0.710. The largest absolute Gasteiger partial charge is 0.300 e. The Hall–Kier alpha value is -0.700. The van der Waals surface area contributed by atoms with Crippen LogP contribution in [-0.2, 0) is 9.59 Å². The van der Waals surface area contributed by atoms with Crippen LogP contribution < -0.4 is 0 Å². The fourth-order valence-electron chi connectivity index (χ4n) is 4.46. The number of carbonyl (C=O) groups is 2. The smallest absolute Gasteiger partial charge is 0.154 e. The van der Waals surface area contributed by atoms with E-state index in [2.05, 4.69) is 4.90 Å². The second-order valence-electron chi connectivity index (χ2n) is 6.43. The van der Waals surface area contributed by atoms with Crippen molar-refractivity contribution < 1.29 is 9.59 Å². The standard InChI is InChI=1S/C12H17NO2/c1-10-4-11(2)6-13(5-10)7-12(3,8(10)14)9(11)15/h4-7H2,1-3H3/t10-,11+,12+. The van der Waals surface area contributed by atoms with Crippen molar-refractivity contribution in [2.45, 2.75) is 27.2 Å². The molecule has 3 aliphatic heterocycles. The Kier molecular flexibility index (Phi) is 1.39. The molecule has 3 nitrogen and oxygen atoms in total. The summed E-state index contributed by atoms with van der Waals surface area (Å²) < 4.78 is 0. The van der Waals surface area contributed by atoms with Crippen LogP contribution in [0.25, 0.3) is 0 Å². The molecule has 1 saturated carbocycles. The van der Waals surface area contributed by atoms with E-state index in [1.807, 2.05) is 20.8 Å². The lowest BCUT2D eigenvalue weighted by Crippen LogP contribution is -2.75. The lowest BCUT2D eigenvalue weighted by Gasteiger charge is -2.62. The van der Waals surface area contributed by atoms with Crippen LogP contribution in [0, 0.1) is 16.2 Å². The molecule has 15 heavy (non-hydrogen) atoms. The molecular formula is C12H17NO2. The molecule has 0 aromatic carbocycles. The highest BCUT2D eigenvalue weighted by atomic mass is 16.2. The summed E-state index contributed by atoms with van der Waals surface area (Å²) in [5.41, 5.74) is -1.25. The first-order valence-corrected chi connectivity index (χ1v) is 5.62.